The molecule has 2 rings (SSSR count). The third-order valence-corrected chi connectivity index (χ3v) is 5.31. The molecule has 150 valence electrons. The summed E-state index contributed by atoms with van der Waals surface area (Å²) >= 11 is 0. The van der Waals surface area contributed by atoms with E-state index in [1.807, 2.05) is 17.9 Å². The van der Waals surface area contributed by atoms with Gasteiger partial charge >= 0.3 is 0 Å². The molecule has 1 aromatic rings. The van der Waals surface area contributed by atoms with E-state index in [1.54, 1.807) is 11.0 Å². The summed E-state index contributed by atoms with van der Waals surface area (Å²) in [6.45, 7) is 3.76. The number of benzene rings is 1. The summed E-state index contributed by atoms with van der Waals surface area (Å²) in [5.41, 5.74) is 6.14. The van der Waals surface area contributed by atoms with Gasteiger partial charge in [0.05, 0.1) is 13.1 Å². The second kappa shape index (κ2) is 11.0. The molecule has 0 spiro atoms. The van der Waals surface area contributed by atoms with Gasteiger partial charge in [-0.05, 0) is 43.5 Å². The Bertz CT molecular complexity index is 617. The van der Waals surface area contributed by atoms with E-state index in [1.165, 1.54) is 44.2 Å². The zero-order chi connectivity index (χ0) is 19.6. The van der Waals surface area contributed by atoms with Crippen LogP contribution in [0, 0.1) is 11.7 Å². The van der Waals surface area contributed by atoms with E-state index >= 15 is 0 Å². The Morgan fingerprint density at radius 1 is 1.19 bits per heavy atom. The largest absolute Gasteiger partial charge is 0.369 e. The summed E-state index contributed by atoms with van der Waals surface area (Å²) in [6, 6.07) is 6.29. The van der Waals surface area contributed by atoms with Crippen molar-refractivity contribution in [3.05, 3.63) is 35.6 Å². The smallest absolute Gasteiger partial charge is 0.237 e. The molecule has 0 aliphatic heterocycles. The number of hydrogen-bond acceptors (Lipinski definition) is 3. The zero-order valence-corrected chi connectivity index (χ0v) is 16.3. The molecule has 27 heavy (non-hydrogen) atoms. The van der Waals surface area contributed by atoms with Crippen molar-refractivity contribution in [1.82, 2.24) is 9.80 Å². The Morgan fingerprint density at radius 2 is 1.93 bits per heavy atom. The number of carbonyl (C=O) groups is 2. The van der Waals surface area contributed by atoms with Crippen LogP contribution in [0.15, 0.2) is 24.3 Å². The van der Waals surface area contributed by atoms with E-state index in [0.29, 0.717) is 25.6 Å². The molecule has 0 aromatic heterocycles. The highest BCUT2D eigenvalue weighted by Crippen LogP contribution is 2.26. The number of nitrogens with two attached hydrogens (primary N) is 1. The van der Waals surface area contributed by atoms with Crippen molar-refractivity contribution in [3.63, 3.8) is 0 Å². The van der Waals surface area contributed by atoms with Crippen LogP contribution in [0.5, 0.6) is 0 Å². The average molecular weight is 378 g/mol. The van der Waals surface area contributed by atoms with Gasteiger partial charge in [0.25, 0.3) is 0 Å². The molecule has 5 nitrogen and oxygen atoms in total. The number of nitrogens with zero attached hydrogens (tertiary/aromatic N) is 2. The van der Waals surface area contributed by atoms with Crippen molar-refractivity contribution >= 4 is 11.8 Å². The minimum absolute atomic E-state index is 0.0633. The molecular weight excluding hydrogens is 345 g/mol. The highest BCUT2D eigenvalue weighted by atomic mass is 19.1. The van der Waals surface area contributed by atoms with Crippen LogP contribution < -0.4 is 5.73 Å². The molecule has 1 aliphatic rings. The van der Waals surface area contributed by atoms with Gasteiger partial charge in [0.15, 0.2) is 0 Å². The summed E-state index contributed by atoms with van der Waals surface area (Å²) in [5.74, 6) is -0.107. The molecule has 0 unspecified atom stereocenters. The maximum Gasteiger partial charge on any atom is 0.237 e. The molecule has 1 fully saturated rings. The maximum atomic E-state index is 13.4. The molecule has 0 radical (unpaired) electrons. The first-order chi connectivity index (χ1) is 13.0. The van der Waals surface area contributed by atoms with Crippen molar-refractivity contribution in [2.24, 2.45) is 11.7 Å². The lowest BCUT2D eigenvalue weighted by atomic mass is 9.87. The minimum atomic E-state index is -0.417. The van der Waals surface area contributed by atoms with Gasteiger partial charge in [0, 0.05) is 13.1 Å². The molecule has 0 heterocycles. The van der Waals surface area contributed by atoms with Crippen molar-refractivity contribution in [3.8, 4) is 0 Å². The lowest BCUT2D eigenvalue weighted by Gasteiger charge is -2.28. The molecular formula is C21H32FN3O2. The van der Waals surface area contributed by atoms with Crippen molar-refractivity contribution in [2.75, 3.05) is 26.2 Å². The van der Waals surface area contributed by atoms with Gasteiger partial charge in [-0.15, -0.1) is 0 Å². The van der Waals surface area contributed by atoms with Gasteiger partial charge in [-0.3, -0.25) is 14.5 Å². The molecule has 2 amide bonds. The number of amides is 2. The van der Waals surface area contributed by atoms with E-state index in [9.17, 15) is 14.0 Å². The monoisotopic (exact) mass is 377 g/mol. The molecule has 0 bridgehead atoms. The zero-order valence-electron chi connectivity index (χ0n) is 16.3. The van der Waals surface area contributed by atoms with Crippen molar-refractivity contribution < 1.29 is 14.0 Å². The molecule has 0 saturated heterocycles. The lowest BCUT2D eigenvalue weighted by Crippen LogP contribution is -2.43. The first kappa shape index (κ1) is 21.4. The van der Waals surface area contributed by atoms with Crippen molar-refractivity contribution in [1.29, 1.82) is 0 Å². The number of hydrogen-bond donors (Lipinski definition) is 1. The maximum absolute atomic E-state index is 13.4. The van der Waals surface area contributed by atoms with Gasteiger partial charge in [-0.1, -0.05) is 44.2 Å². The SMILES string of the molecule is CCN(Cc1cccc(F)c1)C(=O)CN(CCC1CCCCC1)CC(N)=O. The summed E-state index contributed by atoms with van der Waals surface area (Å²) in [7, 11) is 0. The number of likely N-dealkylation sites (N-methyl/N-ethyl adjacent to an activating group) is 1. The van der Waals surface area contributed by atoms with E-state index in [0.717, 1.165) is 12.0 Å². The van der Waals surface area contributed by atoms with Crippen molar-refractivity contribution in [2.45, 2.75) is 52.0 Å². The predicted octanol–water partition coefficient (Wildman–Crippen LogP) is 2.93. The van der Waals surface area contributed by atoms with Crippen LogP contribution in [0.2, 0.25) is 0 Å². The predicted molar refractivity (Wildman–Crippen MR) is 104 cm³/mol. The normalized spacial score (nSPS) is 15.1. The van der Waals surface area contributed by atoms with Gasteiger partial charge < -0.3 is 10.6 Å². The third-order valence-electron chi connectivity index (χ3n) is 5.31. The highest BCUT2D eigenvalue weighted by Gasteiger charge is 2.20. The standard InChI is InChI=1S/C21H32FN3O2/c1-2-25(14-18-9-6-10-19(22)13-18)21(27)16-24(15-20(23)26)12-11-17-7-4-3-5-8-17/h6,9-10,13,17H,2-5,7-8,11-12,14-16H2,1H3,(H2,23,26). The average Bonchev–Trinajstić information content (AvgIpc) is 2.64. The first-order valence-corrected chi connectivity index (χ1v) is 10.0. The van der Waals surface area contributed by atoms with Gasteiger partial charge in [0.1, 0.15) is 5.82 Å². The quantitative estimate of drug-likeness (QED) is 0.682. The van der Waals surface area contributed by atoms with Crippen LogP contribution in [0.1, 0.15) is 51.0 Å². The van der Waals surface area contributed by atoms with Crippen LogP contribution in [-0.4, -0.2) is 47.8 Å². The molecule has 2 N–H and O–H groups in total. The number of carbonyl (C=O) groups excluding carboxylic acids is 2. The van der Waals surface area contributed by atoms with E-state index in [2.05, 4.69) is 0 Å². The van der Waals surface area contributed by atoms with Crippen LogP contribution in [0.3, 0.4) is 0 Å². The van der Waals surface area contributed by atoms with E-state index in [4.69, 9.17) is 5.73 Å². The summed E-state index contributed by atoms with van der Waals surface area (Å²) in [4.78, 5) is 27.7. The van der Waals surface area contributed by atoms with Gasteiger partial charge in [-0.2, -0.15) is 0 Å². The molecule has 6 heteroatoms. The molecule has 1 aromatic carbocycles. The molecule has 1 saturated carbocycles. The second-order valence-electron chi connectivity index (χ2n) is 7.51. The van der Waals surface area contributed by atoms with E-state index in [-0.39, 0.29) is 24.8 Å². The molecule has 1 aliphatic carbocycles. The van der Waals surface area contributed by atoms with Gasteiger partial charge in [-0.25, -0.2) is 4.39 Å². The molecule has 0 atom stereocenters. The minimum Gasteiger partial charge on any atom is -0.369 e. The van der Waals surface area contributed by atoms with E-state index < -0.39 is 5.91 Å². The van der Waals surface area contributed by atoms with Crippen LogP contribution in [0.25, 0.3) is 0 Å². The number of halogens is 1. The number of rotatable bonds is 10. The van der Waals surface area contributed by atoms with Crippen LogP contribution in [-0.2, 0) is 16.1 Å². The Kier molecular flexibility index (Phi) is 8.72. The summed E-state index contributed by atoms with van der Waals surface area (Å²) in [5, 5.41) is 0. The Hall–Kier alpha value is -1.95. The Balaban J connectivity index is 1.91. The first-order valence-electron chi connectivity index (χ1n) is 10.0. The fraction of sp³-hybridized carbons (Fsp3) is 0.619. The third kappa shape index (κ3) is 7.67. The topological polar surface area (TPSA) is 66.6 Å². The Labute approximate surface area is 161 Å². The second-order valence-corrected chi connectivity index (χ2v) is 7.51. The Morgan fingerprint density at radius 3 is 2.56 bits per heavy atom. The van der Waals surface area contributed by atoms with Crippen LogP contribution in [0.4, 0.5) is 4.39 Å². The highest BCUT2D eigenvalue weighted by molar-refractivity contribution is 5.80. The summed E-state index contributed by atoms with van der Waals surface area (Å²) < 4.78 is 13.4. The van der Waals surface area contributed by atoms with Crippen LogP contribution >= 0.6 is 0 Å². The van der Waals surface area contributed by atoms with Gasteiger partial charge in [0.2, 0.25) is 11.8 Å². The fourth-order valence-corrected chi connectivity index (χ4v) is 3.80. The number of primary amides is 1. The summed E-state index contributed by atoms with van der Waals surface area (Å²) in [6.07, 6.45) is 7.33. The lowest BCUT2D eigenvalue weighted by molar-refractivity contribution is -0.133. The fourth-order valence-electron chi connectivity index (χ4n) is 3.80.